The second-order valence-electron chi connectivity index (χ2n) is 5.44. The number of anilines is 1. The quantitative estimate of drug-likeness (QED) is 0.622. The Morgan fingerprint density at radius 1 is 1.40 bits per heavy atom. The van der Waals surface area contributed by atoms with Crippen molar-refractivity contribution in [1.29, 1.82) is 0 Å². The summed E-state index contributed by atoms with van der Waals surface area (Å²) in [5, 5.41) is 11.3. The molecule has 0 N–H and O–H groups in total. The summed E-state index contributed by atoms with van der Waals surface area (Å²) < 4.78 is 5.44. The Morgan fingerprint density at radius 3 is 2.60 bits per heavy atom. The molecule has 0 bridgehead atoms. The van der Waals surface area contributed by atoms with Crippen LogP contribution in [-0.2, 0) is 0 Å². The lowest BCUT2D eigenvalue weighted by Gasteiger charge is -2.30. The number of piperidine rings is 1. The molecule has 0 spiro atoms. The summed E-state index contributed by atoms with van der Waals surface area (Å²) in [6.07, 6.45) is 3.19. The fourth-order valence-corrected chi connectivity index (χ4v) is 2.27. The highest BCUT2D eigenvalue weighted by atomic mass is 16.6. The number of rotatable bonds is 4. The third kappa shape index (κ3) is 3.15. The van der Waals surface area contributed by atoms with Gasteiger partial charge in [0.15, 0.2) is 0 Å². The summed E-state index contributed by atoms with van der Waals surface area (Å²) in [6.45, 7) is 7.38. The van der Waals surface area contributed by atoms with Gasteiger partial charge < -0.3 is 9.64 Å². The van der Waals surface area contributed by atoms with E-state index in [4.69, 9.17) is 4.74 Å². The lowest BCUT2D eigenvalue weighted by Crippen LogP contribution is -2.34. The highest BCUT2D eigenvalue weighted by molar-refractivity contribution is 5.62. The predicted octanol–water partition coefficient (Wildman–Crippen LogP) is 2.41. The van der Waals surface area contributed by atoms with Crippen molar-refractivity contribution in [2.24, 2.45) is 5.92 Å². The maximum absolute atomic E-state index is 11.3. The number of nitro groups is 1. The van der Waals surface area contributed by atoms with Crippen LogP contribution in [0, 0.1) is 16.0 Å². The Kier molecular flexibility index (Phi) is 4.36. The van der Waals surface area contributed by atoms with Crippen molar-refractivity contribution < 1.29 is 9.66 Å². The van der Waals surface area contributed by atoms with Gasteiger partial charge in [0, 0.05) is 13.1 Å². The molecule has 0 amide bonds. The summed E-state index contributed by atoms with van der Waals surface area (Å²) in [4.78, 5) is 20.9. The predicted molar refractivity (Wildman–Crippen MR) is 75.1 cm³/mol. The van der Waals surface area contributed by atoms with Gasteiger partial charge in [0.05, 0.1) is 11.0 Å². The Hall–Kier alpha value is -1.92. The molecule has 1 aliphatic heterocycles. The lowest BCUT2D eigenvalue weighted by molar-refractivity contribution is -0.385. The van der Waals surface area contributed by atoms with Crippen LogP contribution in [0.25, 0.3) is 0 Å². The van der Waals surface area contributed by atoms with Crippen molar-refractivity contribution in [3.63, 3.8) is 0 Å². The molecule has 2 heterocycles. The molecule has 0 aliphatic carbocycles. The van der Waals surface area contributed by atoms with E-state index in [0.717, 1.165) is 25.9 Å². The number of ether oxygens (including phenoxy) is 1. The average Bonchev–Trinajstić information content (AvgIpc) is 2.38. The smallest absolute Gasteiger partial charge is 0.372 e. The second-order valence-corrected chi connectivity index (χ2v) is 5.44. The largest absolute Gasteiger partial charge is 0.470 e. The van der Waals surface area contributed by atoms with Gasteiger partial charge in [-0.05, 0) is 32.6 Å². The van der Waals surface area contributed by atoms with Crippen LogP contribution in [0.2, 0.25) is 0 Å². The maximum Gasteiger partial charge on any atom is 0.372 e. The molecule has 0 radical (unpaired) electrons. The van der Waals surface area contributed by atoms with E-state index in [-0.39, 0.29) is 17.7 Å². The van der Waals surface area contributed by atoms with E-state index in [1.54, 1.807) is 0 Å². The Labute approximate surface area is 118 Å². The standard InChI is InChI=1S/C13H20N4O3/c1-9(2)20-13-11(17(18)19)12(14-8-15-13)16-6-4-10(3)5-7-16/h8-10H,4-7H2,1-3H3. The van der Waals surface area contributed by atoms with Crippen LogP contribution in [0.15, 0.2) is 6.33 Å². The lowest BCUT2D eigenvalue weighted by atomic mass is 9.99. The van der Waals surface area contributed by atoms with Crippen LogP contribution in [0.5, 0.6) is 5.88 Å². The molecule has 1 saturated heterocycles. The molecule has 0 unspecified atom stereocenters. The molecule has 0 saturated carbocycles. The van der Waals surface area contributed by atoms with Gasteiger partial charge in [-0.3, -0.25) is 10.1 Å². The first-order chi connectivity index (χ1) is 9.49. The summed E-state index contributed by atoms with van der Waals surface area (Å²) in [5.41, 5.74) is -0.129. The molecule has 1 fully saturated rings. The van der Waals surface area contributed by atoms with E-state index in [2.05, 4.69) is 16.9 Å². The molecule has 2 rings (SSSR count). The summed E-state index contributed by atoms with van der Waals surface area (Å²) in [6, 6.07) is 0. The summed E-state index contributed by atoms with van der Waals surface area (Å²) >= 11 is 0. The first-order valence-corrected chi connectivity index (χ1v) is 6.90. The molecule has 1 aliphatic rings. The van der Waals surface area contributed by atoms with Crippen molar-refractivity contribution >= 4 is 11.5 Å². The highest BCUT2D eigenvalue weighted by Gasteiger charge is 2.30. The van der Waals surface area contributed by atoms with Crippen LogP contribution in [0.3, 0.4) is 0 Å². The molecule has 1 aromatic heterocycles. The van der Waals surface area contributed by atoms with Crippen molar-refractivity contribution in [3.8, 4) is 5.88 Å². The third-order valence-corrected chi connectivity index (χ3v) is 3.38. The molecule has 7 nitrogen and oxygen atoms in total. The zero-order valence-corrected chi connectivity index (χ0v) is 12.1. The zero-order valence-electron chi connectivity index (χ0n) is 12.1. The highest BCUT2D eigenvalue weighted by Crippen LogP contribution is 2.35. The van der Waals surface area contributed by atoms with Crippen molar-refractivity contribution in [2.45, 2.75) is 39.7 Å². The van der Waals surface area contributed by atoms with E-state index >= 15 is 0 Å². The maximum atomic E-state index is 11.3. The van der Waals surface area contributed by atoms with Crippen LogP contribution < -0.4 is 9.64 Å². The number of hydrogen-bond donors (Lipinski definition) is 0. The van der Waals surface area contributed by atoms with E-state index in [1.165, 1.54) is 6.33 Å². The average molecular weight is 280 g/mol. The van der Waals surface area contributed by atoms with E-state index in [9.17, 15) is 10.1 Å². The van der Waals surface area contributed by atoms with Gasteiger partial charge in [-0.1, -0.05) is 6.92 Å². The number of aromatic nitrogens is 2. The van der Waals surface area contributed by atoms with Gasteiger partial charge in [0.2, 0.25) is 5.82 Å². The zero-order chi connectivity index (χ0) is 14.7. The van der Waals surface area contributed by atoms with Crippen LogP contribution >= 0.6 is 0 Å². The van der Waals surface area contributed by atoms with Crippen molar-refractivity contribution in [1.82, 2.24) is 9.97 Å². The third-order valence-electron chi connectivity index (χ3n) is 3.38. The first-order valence-electron chi connectivity index (χ1n) is 6.90. The minimum absolute atomic E-state index is 0.0496. The topological polar surface area (TPSA) is 81.4 Å². The van der Waals surface area contributed by atoms with Crippen LogP contribution in [-0.4, -0.2) is 34.1 Å². The summed E-state index contributed by atoms with van der Waals surface area (Å²) in [5.74, 6) is 1.07. The number of hydrogen-bond acceptors (Lipinski definition) is 6. The molecule has 0 atom stereocenters. The van der Waals surface area contributed by atoms with Gasteiger partial charge >= 0.3 is 5.69 Å². The van der Waals surface area contributed by atoms with E-state index in [1.807, 2.05) is 18.7 Å². The van der Waals surface area contributed by atoms with Gasteiger partial charge in [-0.15, -0.1) is 0 Å². The Bertz CT molecular complexity index is 485. The molecule has 110 valence electrons. The SMILES string of the molecule is CC1CCN(c2ncnc(OC(C)C)c2[N+](=O)[O-])CC1. The van der Waals surface area contributed by atoms with Gasteiger partial charge in [0.1, 0.15) is 6.33 Å². The molecule has 1 aromatic rings. The molecule has 7 heteroatoms. The molecular weight excluding hydrogens is 260 g/mol. The Balaban J connectivity index is 2.34. The minimum atomic E-state index is -0.453. The van der Waals surface area contributed by atoms with E-state index < -0.39 is 4.92 Å². The second kappa shape index (κ2) is 6.02. The summed E-state index contributed by atoms with van der Waals surface area (Å²) in [7, 11) is 0. The van der Waals surface area contributed by atoms with E-state index in [0.29, 0.717) is 11.7 Å². The van der Waals surface area contributed by atoms with Gasteiger partial charge in [-0.25, -0.2) is 4.98 Å². The van der Waals surface area contributed by atoms with Crippen molar-refractivity contribution in [2.75, 3.05) is 18.0 Å². The van der Waals surface area contributed by atoms with Crippen LogP contribution in [0.4, 0.5) is 11.5 Å². The van der Waals surface area contributed by atoms with Gasteiger partial charge in [-0.2, -0.15) is 4.98 Å². The number of nitrogens with zero attached hydrogens (tertiary/aromatic N) is 4. The minimum Gasteiger partial charge on any atom is -0.470 e. The fraction of sp³-hybridized carbons (Fsp3) is 0.692. The molecule has 20 heavy (non-hydrogen) atoms. The Morgan fingerprint density at radius 2 is 2.05 bits per heavy atom. The monoisotopic (exact) mass is 280 g/mol. The first kappa shape index (κ1) is 14.5. The van der Waals surface area contributed by atoms with Crippen LogP contribution in [0.1, 0.15) is 33.6 Å². The van der Waals surface area contributed by atoms with Crippen molar-refractivity contribution in [3.05, 3.63) is 16.4 Å². The fourth-order valence-electron chi connectivity index (χ4n) is 2.27. The van der Waals surface area contributed by atoms with Gasteiger partial charge in [0.25, 0.3) is 5.88 Å². The molecule has 0 aromatic carbocycles. The molecular formula is C13H20N4O3. The normalized spacial score (nSPS) is 16.5.